The minimum atomic E-state index is -0.449. The van der Waals surface area contributed by atoms with Gasteiger partial charge in [0.25, 0.3) is 0 Å². The van der Waals surface area contributed by atoms with Crippen molar-refractivity contribution in [1.82, 2.24) is 0 Å². The summed E-state index contributed by atoms with van der Waals surface area (Å²) in [6, 6.07) is 5.97. The van der Waals surface area contributed by atoms with Gasteiger partial charge in [0, 0.05) is 23.8 Å². The average molecular weight is 284 g/mol. The molecule has 1 atom stereocenters. The Bertz CT molecular complexity index is 388. The maximum Gasteiger partial charge on any atom is 0.0772 e. The van der Waals surface area contributed by atoms with Crippen LogP contribution in [0.4, 0.5) is 5.69 Å². The molecule has 0 radical (unpaired) electrons. The van der Waals surface area contributed by atoms with Gasteiger partial charge in [0.2, 0.25) is 0 Å². The van der Waals surface area contributed by atoms with Crippen LogP contribution in [0.15, 0.2) is 34.8 Å². The number of hydrogen-bond donors (Lipinski definition) is 1. The number of likely N-dealkylation sites (N-methyl/N-ethyl adjacent to an activating group) is 1. The molecule has 2 nitrogen and oxygen atoms in total. The average Bonchev–Trinajstić information content (AvgIpc) is 2.15. The maximum absolute atomic E-state index is 9.52. The molecule has 0 aliphatic heterocycles. The summed E-state index contributed by atoms with van der Waals surface area (Å²) in [5.74, 6) is 0. The second-order valence-corrected chi connectivity index (χ2v) is 5.05. The number of aliphatic hydroxyl groups excluding tert-OH is 1. The predicted molar refractivity (Wildman–Crippen MR) is 72.9 cm³/mol. The Morgan fingerprint density at radius 3 is 2.62 bits per heavy atom. The second-order valence-electron chi connectivity index (χ2n) is 4.19. The summed E-state index contributed by atoms with van der Waals surface area (Å²) < 4.78 is 0.938. The molecule has 1 aromatic rings. The normalized spacial score (nSPS) is 12.3. The molecule has 0 aliphatic carbocycles. The van der Waals surface area contributed by atoms with Gasteiger partial charge in [-0.05, 0) is 31.5 Å². The van der Waals surface area contributed by atoms with Crippen LogP contribution in [0.3, 0.4) is 0 Å². The highest BCUT2D eigenvalue weighted by Crippen LogP contribution is 2.27. The van der Waals surface area contributed by atoms with Crippen molar-refractivity contribution in [1.29, 1.82) is 0 Å². The van der Waals surface area contributed by atoms with Gasteiger partial charge in [0.15, 0.2) is 0 Å². The van der Waals surface area contributed by atoms with E-state index in [1.54, 1.807) is 6.92 Å². The number of hydrogen-bond acceptors (Lipinski definition) is 2. The van der Waals surface area contributed by atoms with Crippen LogP contribution in [0.5, 0.6) is 0 Å². The van der Waals surface area contributed by atoms with E-state index >= 15 is 0 Å². The highest BCUT2D eigenvalue weighted by atomic mass is 79.9. The first-order chi connectivity index (χ1) is 7.41. The van der Waals surface area contributed by atoms with Crippen LogP contribution in [0.1, 0.15) is 25.5 Å². The van der Waals surface area contributed by atoms with Gasteiger partial charge in [0.05, 0.1) is 6.10 Å². The van der Waals surface area contributed by atoms with Crippen molar-refractivity contribution in [3.05, 3.63) is 40.4 Å². The van der Waals surface area contributed by atoms with Crippen molar-refractivity contribution in [3.8, 4) is 0 Å². The smallest absolute Gasteiger partial charge is 0.0772 e. The van der Waals surface area contributed by atoms with Crippen LogP contribution in [0, 0.1) is 0 Å². The highest BCUT2D eigenvalue weighted by Gasteiger charge is 2.08. The van der Waals surface area contributed by atoms with E-state index in [0.717, 1.165) is 27.8 Å². The molecular formula is C13H18BrNO. The topological polar surface area (TPSA) is 23.5 Å². The molecule has 0 amide bonds. The molecule has 0 aliphatic rings. The zero-order valence-corrected chi connectivity index (χ0v) is 11.6. The van der Waals surface area contributed by atoms with Gasteiger partial charge in [-0.15, -0.1) is 0 Å². The van der Waals surface area contributed by atoms with Gasteiger partial charge >= 0.3 is 0 Å². The first-order valence-electron chi connectivity index (χ1n) is 5.25. The van der Waals surface area contributed by atoms with Crippen molar-refractivity contribution >= 4 is 21.6 Å². The largest absolute Gasteiger partial charge is 0.389 e. The summed E-state index contributed by atoms with van der Waals surface area (Å²) in [6.45, 7) is 8.50. The lowest BCUT2D eigenvalue weighted by molar-refractivity contribution is 0.198. The van der Waals surface area contributed by atoms with E-state index in [1.807, 2.05) is 32.2 Å². The summed E-state index contributed by atoms with van der Waals surface area (Å²) in [6.07, 6.45) is -0.449. The van der Waals surface area contributed by atoms with Crippen molar-refractivity contribution in [2.45, 2.75) is 20.0 Å². The Kier molecular flexibility index (Phi) is 4.56. The third-order valence-corrected chi connectivity index (χ3v) is 3.07. The molecule has 1 rings (SSSR count). The zero-order chi connectivity index (χ0) is 12.3. The Hall–Kier alpha value is -0.800. The lowest BCUT2D eigenvalue weighted by Crippen LogP contribution is -2.19. The number of benzene rings is 1. The molecule has 0 unspecified atom stereocenters. The molecular weight excluding hydrogens is 266 g/mol. The fourth-order valence-electron chi connectivity index (χ4n) is 1.59. The third kappa shape index (κ3) is 3.35. The van der Waals surface area contributed by atoms with Crippen LogP contribution in [0.2, 0.25) is 0 Å². The Balaban J connectivity index is 2.92. The monoisotopic (exact) mass is 283 g/mol. The van der Waals surface area contributed by atoms with Crippen LogP contribution >= 0.6 is 15.9 Å². The van der Waals surface area contributed by atoms with E-state index in [2.05, 4.69) is 27.4 Å². The molecule has 1 aromatic carbocycles. The highest BCUT2D eigenvalue weighted by molar-refractivity contribution is 9.10. The molecule has 1 N–H and O–H groups in total. The van der Waals surface area contributed by atoms with Gasteiger partial charge in [0.1, 0.15) is 0 Å². The quantitative estimate of drug-likeness (QED) is 0.855. The SMILES string of the molecule is C=C(C)CN(C)c1ccc([C@H](C)O)c(Br)c1. The fourth-order valence-corrected chi connectivity index (χ4v) is 2.29. The van der Waals surface area contributed by atoms with Gasteiger partial charge < -0.3 is 10.0 Å². The van der Waals surface area contributed by atoms with Gasteiger partial charge in [-0.3, -0.25) is 0 Å². The number of halogens is 1. The van der Waals surface area contributed by atoms with Crippen molar-refractivity contribution in [3.63, 3.8) is 0 Å². The minimum Gasteiger partial charge on any atom is -0.389 e. The fraction of sp³-hybridized carbons (Fsp3) is 0.385. The van der Waals surface area contributed by atoms with E-state index in [-0.39, 0.29) is 0 Å². The molecule has 0 heterocycles. The first kappa shape index (κ1) is 13.3. The molecule has 0 spiro atoms. The van der Waals surface area contributed by atoms with Crippen LogP contribution in [-0.4, -0.2) is 18.7 Å². The Labute approximate surface area is 106 Å². The number of anilines is 1. The molecule has 0 saturated carbocycles. The lowest BCUT2D eigenvalue weighted by Gasteiger charge is -2.20. The summed E-state index contributed by atoms with van der Waals surface area (Å²) in [5.41, 5.74) is 3.14. The zero-order valence-electron chi connectivity index (χ0n) is 10.00. The molecule has 0 saturated heterocycles. The summed E-state index contributed by atoms with van der Waals surface area (Å²) in [5, 5.41) is 9.52. The summed E-state index contributed by atoms with van der Waals surface area (Å²) in [7, 11) is 2.03. The minimum absolute atomic E-state index is 0.449. The predicted octanol–water partition coefficient (Wildman–Crippen LogP) is 3.51. The van der Waals surface area contributed by atoms with Crippen LogP contribution in [0.25, 0.3) is 0 Å². The van der Waals surface area contributed by atoms with Gasteiger partial charge in [-0.2, -0.15) is 0 Å². The molecule has 0 bridgehead atoms. The van der Waals surface area contributed by atoms with Crippen LogP contribution in [-0.2, 0) is 0 Å². The van der Waals surface area contributed by atoms with Crippen molar-refractivity contribution in [2.24, 2.45) is 0 Å². The van der Waals surface area contributed by atoms with Crippen LogP contribution < -0.4 is 4.90 Å². The van der Waals surface area contributed by atoms with Crippen molar-refractivity contribution in [2.75, 3.05) is 18.5 Å². The molecule has 88 valence electrons. The third-order valence-electron chi connectivity index (χ3n) is 2.38. The van der Waals surface area contributed by atoms with Crippen molar-refractivity contribution < 1.29 is 5.11 Å². The molecule has 0 fully saturated rings. The Morgan fingerprint density at radius 2 is 2.19 bits per heavy atom. The van der Waals surface area contributed by atoms with Gasteiger partial charge in [-0.25, -0.2) is 0 Å². The summed E-state index contributed by atoms with van der Waals surface area (Å²) >= 11 is 3.47. The second kappa shape index (κ2) is 5.51. The van der Waals surface area contributed by atoms with E-state index in [4.69, 9.17) is 0 Å². The number of nitrogens with zero attached hydrogens (tertiary/aromatic N) is 1. The maximum atomic E-state index is 9.52. The van der Waals surface area contributed by atoms with E-state index in [0.29, 0.717) is 0 Å². The van der Waals surface area contributed by atoms with Gasteiger partial charge in [-0.1, -0.05) is 34.1 Å². The number of aliphatic hydroxyl groups is 1. The molecule has 16 heavy (non-hydrogen) atoms. The standard InChI is InChI=1S/C13H18BrNO/c1-9(2)8-15(4)11-5-6-12(10(3)16)13(14)7-11/h5-7,10,16H,1,8H2,2-4H3/t10-/m0/s1. The first-order valence-corrected chi connectivity index (χ1v) is 6.04. The number of rotatable bonds is 4. The lowest BCUT2D eigenvalue weighted by atomic mass is 10.1. The van der Waals surface area contributed by atoms with E-state index in [9.17, 15) is 5.11 Å². The Morgan fingerprint density at radius 1 is 1.56 bits per heavy atom. The summed E-state index contributed by atoms with van der Waals surface area (Å²) in [4.78, 5) is 2.12. The molecule has 3 heteroatoms. The van der Waals surface area contributed by atoms with E-state index < -0.39 is 6.10 Å². The molecule has 0 aromatic heterocycles. The van der Waals surface area contributed by atoms with E-state index in [1.165, 1.54) is 0 Å².